The molecule has 112 valence electrons. The van der Waals surface area contributed by atoms with Gasteiger partial charge in [-0.05, 0) is 77.4 Å². The summed E-state index contributed by atoms with van der Waals surface area (Å²) >= 11 is 5.68. The van der Waals surface area contributed by atoms with E-state index >= 15 is 0 Å². The maximum atomic E-state index is 13.1. The summed E-state index contributed by atoms with van der Waals surface area (Å²) in [6.45, 7) is 2.95. The van der Waals surface area contributed by atoms with E-state index in [4.69, 9.17) is 0 Å². The third kappa shape index (κ3) is 3.34. The Hall–Kier alpha value is -0.810. The molecule has 0 amide bonds. The number of aromatic nitrogens is 2. The third-order valence-corrected chi connectivity index (χ3v) is 5.94. The highest BCUT2D eigenvalue weighted by molar-refractivity contribution is 9.10. The Balaban J connectivity index is 1.93. The van der Waals surface area contributed by atoms with Crippen molar-refractivity contribution < 1.29 is 4.39 Å². The number of aryl methyl sites for hydroxylation is 1. The van der Waals surface area contributed by atoms with Gasteiger partial charge < -0.3 is 0 Å². The quantitative estimate of drug-likeness (QED) is 0.766. The van der Waals surface area contributed by atoms with Crippen molar-refractivity contribution in [2.45, 2.75) is 26.3 Å². The Morgan fingerprint density at radius 1 is 1.29 bits per heavy atom. The minimum absolute atomic E-state index is 0.207. The van der Waals surface area contributed by atoms with E-state index in [1.54, 1.807) is 0 Å². The van der Waals surface area contributed by atoms with E-state index in [0.717, 1.165) is 28.0 Å². The monoisotopic (exact) mass is 368 g/mol. The summed E-state index contributed by atoms with van der Waals surface area (Å²) in [5.41, 5.74) is 3.05. The smallest absolute Gasteiger partial charge is 0.123 e. The van der Waals surface area contributed by atoms with Gasteiger partial charge in [0.05, 0.1) is 15.9 Å². The van der Waals surface area contributed by atoms with Gasteiger partial charge in [0.1, 0.15) is 5.82 Å². The molecule has 21 heavy (non-hydrogen) atoms. The first-order chi connectivity index (χ1) is 10.1. The summed E-state index contributed by atoms with van der Waals surface area (Å²) < 4.78 is 16.2. The Labute approximate surface area is 137 Å². The molecule has 1 aromatic heterocycles. The van der Waals surface area contributed by atoms with Gasteiger partial charge >= 0.3 is 0 Å². The lowest BCUT2D eigenvalue weighted by molar-refractivity contribution is 0.396. The first kappa shape index (κ1) is 15.1. The van der Waals surface area contributed by atoms with E-state index in [2.05, 4.69) is 25.7 Å². The van der Waals surface area contributed by atoms with Crippen LogP contribution in [0, 0.1) is 18.7 Å². The van der Waals surface area contributed by atoms with Gasteiger partial charge in [0.25, 0.3) is 0 Å². The zero-order chi connectivity index (χ0) is 14.8. The lowest BCUT2D eigenvalue weighted by atomic mass is 10.0. The minimum atomic E-state index is -0.207. The minimum Gasteiger partial charge on any atom is -0.263 e. The van der Waals surface area contributed by atoms with Crippen LogP contribution < -0.4 is 0 Å². The largest absolute Gasteiger partial charge is 0.263 e. The number of halogens is 2. The Morgan fingerprint density at radius 3 is 2.62 bits per heavy atom. The molecule has 0 spiro atoms. The SMILES string of the molecule is Cc1nn(CC2CCSCC2)c(-c2ccc(F)cc2)c1Br. The summed E-state index contributed by atoms with van der Waals surface area (Å²) in [5.74, 6) is 2.98. The normalized spacial score (nSPS) is 16.3. The lowest BCUT2D eigenvalue weighted by Gasteiger charge is -2.22. The zero-order valence-corrected chi connectivity index (χ0v) is 14.4. The molecule has 3 rings (SSSR count). The highest BCUT2D eigenvalue weighted by Gasteiger charge is 2.20. The van der Waals surface area contributed by atoms with E-state index in [0.29, 0.717) is 5.92 Å². The summed E-state index contributed by atoms with van der Waals surface area (Å²) in [5, 5.41) is 4.67. The topological polar surface area (TPSA) is 17.8 Å². The van der Waals surface area contributed by atoms with Crippen molar-refractivity contribution in [2.24, 2.45) is 5.92 Å². The maximum Gasteiger partial charge on any atom is 0.123 e. The van der Waals surface area contributed by atoms with Crippen LogP contribution in [0.15, 0.2) is 28.7 Å². The Morgan fingerprint density at radius 2 is 1.95 bits per heavy atom. The Bertz CT molecular complexity index is 618. The first-order valence-electron chi connectivity index (χ1n) is 7.21. The molecule has 5 heteroatoms. The van der Waals surface area contributed by atoms with E-state index in [1.165, 1.54) is 36.5 Å². The van der Waals surface area contributed by atoms with Crippen LogP contribution in [0.1, 0.15) is 18.5 Å². The molecule has 0 saturated carbocycles. The van der Waals surface area contributed by atoms with Crippen molar-refractivity contribution in [1.29, 1.82) is 0 Å². The van der Waals surface area contributed by atoms with Crippen LogP contribution in [-0.2, 0) is 6.54 Å². The molecular formula is C16H18BrFN2S. The molecule has 0 bridgehead atoms. The van der Waals surface area contributed by atoms with Gasteiger partial charge in [-0.15, -0.1) is 0 Å². The molecule has 1 fully saturated rings. The second-order valence-corrected chi connectivity index (χ2v) is 7.51. The molecule has 0 radical (unpaired) electrons. The predicted molar refractivity (Wildman–Crippen MR) is 90.1 cm³/mol. The number of thioether (sulfide) groups is 1. The maximum absolute atomic E-state index is 13.1. The number of hydrogen-bond donors (Lipinski definition) is 0. The van der Waals surface area contributed by atoms with Crippen LogP contribution in [0.25, 0.3) is 11.3 Å². The van der Waals surface area contributed by atoms with Crippen LogP contribution in [0.5, 0.6) is 0 Å². The molecule has 2 nitrogen and oxygen atoms in total. The molecule has 1 aliphatic heterocycles. The molecule has 1 aromatic carbocycles. The van der Waals surface area contributed by atoms with Crippen LogP contribution in [0.4, 0.5) is 4.39 Å². The van der Waals surface area contributed by atoms with Crippen molar-refractivity contribution >= 4 is 27.7 Å². The van der Waals surface area contributed by atoms with Gasteiger partial charge in [0, 0.05) is 12.1 Å². The fourth-order valence-corrected chi connectivity index (χ4v) is 4.47. The highest BCUT2D eigenvalue weighted by atomic mass is 79.9. The summed E-state index contributed by atoms with van der Waals surface area (Å²) in [7, 11) is 0. The Kier molecular flexibility index (Phi) is 4.69. The molecule has 0 aliphatic carbocycles. The molecule has 0 atom stereocenters. The number of nitrogens with zero attached hydrogens (tertiary/aromatic N) is 2. The van der Waals surface area contributed by atoms with Gasteiger partial charge in [-0.2, -0.15) is 16.9 Å². The van der Waals surface area contributed by atoms with Gasteiger partial charge in [-0.1, -0.05) is 0 Å². The van der Waals surface area contributed by atoms with E-state index in [9.17, 15) is 4.39 Å². The van der Waals surface area contributed by atoms with Gasteiger partial charge in [-0.25, -0.2) is 4.39 Å². The van der Waals surface area contributed by atoms with Gasteiger partial charge in [0.15, 0.2) is 0 Å². The summed E-state index contributed by atoms with van der Waals surface area (Å²) in [6, 6.07) is 6.66. The molecule has 1 aliphatic rings. The molecule has 2 aromatic rings. The van der Waals surface area contributed by atoms with Crippen LogP contribution in [-0.4, -0.2) is 21.3 Å². The third-order valence-electron chi connectivity index (χ3n) is 3.94. The summed E-state index contributed by atoms with van der Waals surface area (Å²) in [6.07, 6.45) is 2.51. The van der Waals surface area contributed by atoms with Crippen molar-refractivity contribution in [3.05, 3.63) is 40.2 Å². The van der Waals surface area contributed by atoms with Crippen molar-refractivity contribution in [3.8, 4) is 11.3 Å². The van der Waals surface area contributed by atoms with Crippen LogP contribution in [0.3, 0.4) is 0 Å². The molecule has 0 N–H and O–H groups in total. The number of benzene rings is 1. The molecule has 2 heterocycles. The van der Waals surface area contributed by atoms with Gasteiger partial charge in [0.2, 0.25) is 0 Å². The molecule has 0 unspecified atom stereocenters. The average Bonchev–Trinajstić information content (AvgIpc) is 2.76. The van der Waals surface area contributed by atoms with Gasteiger partial charge in [-0.3, -0.25) is 4.68 Å². The van der Waals surface area contributed by atoms with E-state index in [1.807, 2.05) is 30.8 Å². The zero-order valence-electron chi connectivity index (χ0n) is 12.0. The van der Waals surface area contributed by atoms with Crippen LogP contribution >= 0.6 is 27.7 Å². The summed E-state index contributed by atoms with van der Waals surface area (Å²) in [4.78, 5) is 0. The second-order valence-electron chi connectivity index (χ2n) is 5.49. The van der Waals surface area contributed by atoms with Crippen LogP contribution in [0.2, 0.25) is 0 Å². The molecule has 1 saturated heterocycles. The lowest BCUT2D eigenvalue weighted by Crippen LogP contribution is -2.17. The van der Waals surface area contributed by atoms with Crippen molar-refractivity contribution in [2.75, 3.05) is 11.5 Å². The first-order valence-corrected chi connectivity index (χ1v) is 9.16. The second kappa shape index (κ2) is 6.53. The standard InChI is InChI=1S/C16H18BrFN2S/c1-11-15(17)16(13-2-4-14(18)5-3-13)20(19-11)10-12-6-8-21-9-7-12/h2-5,12H,6-10H2,1H3. The fourth-order valence-electron chi connectivity index (χ4n) is 2.75. The predicted octanol–water partition coefficient (Wildman–Crippen LogP) is 4.90. The number of hydrogen-bond acceptors (Lipinski definition) is 2. The van der Waals surface area contributed by atoms with Crippen molar-refractivity contribution in [1.82, 2.24) is 9.78 Å². The molecular weight excluding hydrogens is 351 g/mol. The highest BCUT2D eigenvalue weighted by Crippen LogP contribution is 2.33. The number of rotatable bonds is 3. The average molecular weight is 369 g/mol. The fraction of sp³-hybridized carbons (Fsp3) is 0.438. The van der Waals surface area contributed by atoms with E-state index < -0.39 is 0 Å². The van der Waals surface area contributed by atoms with Crippen molar-refractivity contribution in [3.63, 3.8) is 0 Å². The van der Waals surface area contributed by atoms with E-state index in [-0.39, 0.29) is 5.82 Å².